The van der Waals surface area contributed by atoms with Gasteiger partial charge in [0.2, 0.25) is 0 Å². The molecule has 1 unspecified atom stereocenters. The summed E-state index contributed by atoms with van der Waals surface area (Å²) in [7, 11) is 3.10. The molecule has 2 aromatic carbocycles. The van der Waals surface area contributed by atoms with Crippen LogP contribution in [0, 0.1) is 6.92 Å². The first kappa shape index (κ1) is 25.1. The Morgan fingerprint density at radius 3 is 2.39 bits per heavy atom. The fourth-order valence-corrected chi connectivity index (χ4v) is 4.36. The van der Waals surface area contributed by atoms with Gasteiger partial charge in [0.25, 0.3) is 11.7 Å². The number of amides is 1. The van der Waals surface area contributed by atoms with Gasteiger partial charge in [-0.3, -0.25) is 9.59 Å². The molecule has 0 spiro atoms. The molecule has 1 fully saturated rings. The van der Waals surface area contributed by atoms with E-state index in [4.69, 9.17) is 32.7 Å². The van der Waals surface area contributed by atoms with E-state index < -0.39 is 17.7 Å². The summed E-state index contributed by atoms with van der Waals surface area (Å²) in [5.74, 6) is -0.907. The first-order valence-corrected chi connectivity index (χ1v) is 11.3. The van der Waals surface area contributed by atoms with Gasteiger partial charge in [-0.05, 0) is 53.8 Å². The van der Waals surface area contributed by atoms with Gasteiger partial charge >= 0.3 is 0 Å². The number of Topliss-reactive ketones (excluding diaryl/α,β-unsaturated/α-hetero) is 1. The summed E-state index contributed by atoms with van der Waals surface area (Å²) < 4.78 is 10.6. The average Bonchev–Trinajstić information content (AvgIpc) is 3.03. The molecule has 1 aliphatic heterocycles. The molecule has 1 heterocycles. The highest BCUT2D eigenvalue weighted by molar-refractivity contribution is 6.47. The van der Waals surface area contributed by atoms with Crippen molar-refractivity contribution in [3.05, 3.63) is 68.2 Å². The number of hydrogen-bond donors (Lipinski definition) is 1. The maximum atomic E-state index is 13.1. The molecule has 8 heteroatoms. The van der Waals surface area contributed by atoms with E-state index in [0.29, 0.717) is 27.5 Å². The number of hydrogen-bond acceptors (Lipinski definition) is 5. The van der Waals surface area contributed by atoms with Crippen molar-refractivity contribution in [2.45, 2.75) is 32.7 Å². The normalized spacial score (nSPS) is 17.8. The molecular weight excluding hydrogens is 465 g/mol. The lowest BCUT2D eigenvalue weighted by Gasteiger charge is -2.25. The molecule has 176 valence electrons. The Morgan fingerprint density at radius 2 is 1.82 bits per heavy atom. The highest BCUT2D eigenvalue weighted by Gasteiger charge is 2.46. The highest BCUT2D eigenvalue weighted by atomic mass is 35.5. The van der Waals surface area contributed by atoms with Gasteiger partial charge in [-0.2, -0.15) is 0 Å². The molecule has 0 bridgehead atoms. The SMILES string of the molecule is COCCN1C(=O)C(=O)/C(=C(/O)c2cc(C(C)C)c(OC)cc2C)C1c1ccc(Cl)c(Cl)c1. The Balaban J connectivity index is 2.26. The maximum Gasteiger partial charge on any atom is 0.295 e. The number of aryl methyl sites for hydroxylation is 1. The van der Waals surface area contributed by atoms with Crippen molar-refractivity contribution in [3.63, 3.8) is 0 Å². The molecule has 1 aliphatic rings. The van der Waals surface area contributed by atoms with E-state index in [1.807, 2.05) is 32.9 Å². The minimum Gasteiger partial charge on any atom is -0.507 e. The largest absolute Gasteiger partial charge is 0.507 e. The van der Waals surface area contributed by atoms with Gasteiger partial charge < -0.3 is 19.5 Å². The van der Waals surface area contributed by atoms with Gasteiger partial charge in [0, 0.05) is 19.2 Å². The second-order valence-electron chi connectivity index (χ2n) is 8.22. The number of rotatable bonds is 7. The molecule has 0 radical (unpaired) electrons. The first-order chi connectivity index (χ1) is 15.6. The lowest BCUT2D eigenvalue weighted by molar-refractivity contribution is -0.140. The van der Waals surface area contributed by atoms with Gasteiger partial charge in [0.15, 0.2) is 0 Å². The maximum absolute atomic E-state index is 13.1. The molecule has 33 heavy (non-hydrogen) atoms. The summed E-state index contributed by atoms with van der Waals surface area (Å²) in [6.45, 7) is 6.23. The number of ketones is 1. The summed E-state index contributed by atoms with van der Waals surface area (Å²) in [6.07, 6.45) is 0. The summed E-state index contributed by atoms with van der Waals surface area (Å²) in [5.41, 5.74) is 2.62. The minimum absolute atomic E-state index is 0.00235. The van der Waals surface area contributed by atoms with Gasteiger partial charge in [0.05, 0.1) is 35.4 Å². The summed E-state index contributed by atoms with van der Waals surface area (Å²) in [6, 6.07) is 7.69. The van der Waals surface area contributed by atoms with Crippen LogP contribution in [0.1, 0.15) is 48.1 Å². The van der Waals surface area contributed by atoms with Gasteiger partial charge in [0.1, 0.15) is 11.5 Å². The Labute approximate surface area is 203 Å². The monoisotopic (exact) mass is 491 g/mol. The van der Waals surface area contributed by atoms with Crippen LogP contribution in [0.15, 0.2) is 35.9 Å². The van der Waals surface area contributed by atoms with Crippen LogP contribution in [0.3, 0.4) is 0 Å². The van der Waals surface area contributed by atoms with Crippen LogP contribution in [0.5, 0.6) is 5.75 Å². The molecule has 0 aliphatic carbocycles. The van der Waals surface area contributed by atoms with Crippen LogP contribution in [0.4, 0.5) is 0 Å². The molecule has 0 saturated carbocycles. The zero-order chi connectivity index (χ0) is 24.4. The lowest BCUT2D eigenvalue weighted by Crippen LogP contribution is -2.32. The minimum atomic E-state index is -0.834. The average molecular weight is 492 g/mol. The predicted molar refractivity (Wildman–Crippen MR) is 129 cm³/mol. The molecule has 1 N–H and O–H groups in total. The molecule has 1 atom stereocenters. The molecule has 3 rings (SSSR count). The Hall–Kier alpha value is -2.54. The van der Waals surface area contributed by atoms with Crippen LogP contribution in [-0.2, 0) is 14.3 Å². The highest BCUT2D eigenvalue weighted by Crippen LogP contribution is 2.42. The third-order valence-electron chi connectivity index (χ3n) is 5.79. The zero-order valence-corrected chi connectivity index (χ0v) is 20.8. The Bertz CT molecular complexity index is 1130. The van der Waals surface area contributed by atoms with Crippen molar-refractivity contribution in [2.24, 2.45) is 0 Å². The van der Waals surface area contributed by atoms with Gasteiger partial charge in [-0.25, -0.2) is 0 Å². The lowest BCUT2D eigenvalue weighted by atomic mass is 9.91. The topological polar surface area (TPSA) is 76.1 Å². The number of likely N-dealkylation sites (tertiary alicyclic amines) is 1. The molecule has 0 aromatic heterocycles. The van der Waals surface area contributed by atoms with E-state index in [0.717, 1.165) is 5.56 Å². The Kier molecular flexibility index (Phi) is 7.73. The first-order valence-electron chi connectivity index (χ1n) is 10.5. The number of carbonyl (C=O) groups is 2. The van der Waals surface area contributed by atoms with Crippen LogP contribution in [0.2, 0.25) is 10.0 Å². The fraction of sp³-hybridized carbons (Fsp3) is 0.360. The van der Waals surface area contributed by atoms with Crippen LogP contribution >= 0.6 is 23.2 Å². The van der Waals surface area contributed by atoms with E-state index in [2.05, 4.69) is 0 Å². The molecule has 1 amide bonds. The Morgan fingerprint density at radius 1 is 1.12 bits per heavy atom. The van der Waals surface area contributed by atoms with Crippen LogP contribution < -0.4 is 4.74 Å². The fourth-order valence-electron chi connectivity index (χ4n) is 4.06. The molecule has 2 aromatic rings. The summed E-state index contributed by atoms with van der Waals surface area (Å²) >= 11 is 12.3. The molecule has 1 saturated heterocycles. The van der Waals surface area contributed by atoms with Gasteiger partial charge in [-0.15, -0.1) is 0 Å². The number of benzene rings is 2. The van der Waals surface area contributed by atoms with Crippen molar-refractivity contribution >= 4 is 40.7 Å². The third-order valence-corrected chi connectivity index (χ3v) is 6.53. The third kappa shape index (κ3) is 4.74. The summed E-state index contributed by atoms with van der Waals surface area (Å²) in [5, 5.41) is 12.0. The van der Waals surface area contributed by atoms with E-state index in [1.165, 1.54) is 12.0 Å². The number of methoxy groups -OCH3 is 2. The van der Waals surface area contributed by atoms with E-state index in [9.17, 15) is 14.7 Å². The predicted octanol–water partition coefficient (Wildman–Crippen LogP) is 5.50. The smallest absolute Gasteiger partial charge is 0.295 e. The van der Waals surface area contributed by atoms with Crippen LogP contribution in [-0.4, -0.2) is 49.1 Å². The van der Waals surface area contributed by atoms with E-state index in [1.54, 1.807) is 25.3 Å². The number of halogens is 2. The van der Waals surface area contributed by atoms with Crippen molar-refractivity contribution in [2.75, 3.05) is 27.4 Å². The van der Waals surface area contributed by atoms with Crippen molar-refractivity contribution < 1.29 is 24.2 Å². The van der Waals surface area contributed by atoms with E-state index >= 15 is 0 Å². The number of nitrogens with zero attached hydrogens (tertiary/aromatic N) is 1. The second kappa shape index (κ2) is 10.2. The molecular formula is C25H27Cl2NO5. The number of carbonyl (C=O) groups excluding carboxylic acids is 2. The van der Waals surface area contributed by atoms with Gasteiger partial charge in [-0.1, -0.05) is 43.1 Å². The number of ether oxygens (including phenoxy) is 2. The standard InChI is InChI=1S/C25H27Cl2NO5/c1-13(2)16-12-17(14(3)10-20(16)33-5)23(29)21-22(15-6-7-18(26)19(27)11-15)28(8-9-32-4)25(31)24(21)30/h6-7,10-13,22,29H,8-9H2,1-5H3/b23-21+. The molecule has 6 nitrogen and oxygen atoms in total. The van der Waals surface area contributed by atoms with Crippen molar-refractivity contribution in [3.8, 4) is 5.75 Å². The van der Waals surface area contributed by atoms with E-state index in [-0.39, 0.29) is 35.4 Å². The summed E-state index contributed by atoms with van der Waals surface area (Å²) in [4.78, 5) is 27.5. The number of aliphatic hydroxyl groups is 1. The van der Waals surface area contributed by atoms with Crippen molar-refractivity contribution in [1.29, 1.82) is 0 Å². The quantitative estimate of drug-likeness (QED) is 0.314. The zero-order valence-electron chi connectivity index (χ0n) is 19.2. The van der Waals surface area contributed by atoms with Crippen molar-refractivity contribution in [1.82, 2.24) is 4.90 Å². The number of aliphatic hydroxyl groups excluding tert-OH is 1. The van der Waals surface area contributed by atoms with Crippen LogP contribution in [0.25, 0.3) is 5.76 Å². The second-order valence-corrected chi connectivity index (χ2v) is 9.04.